The van der Waals surface area contributed by atoms with Crippen LogP contribution in [-0.2, 0) is 6.42 Å². The van der Waals surface area contributed by atoms with Crippen LogP contribution in [0.5, 0.6) is 0 Å². The third kappa shape index (κ3) is 5.46. The molecule has 162 valence electrons. The Hall–Kier alpha value is -3.95. The van der Waals surface area contributed by atoms with E-state index in [1.807, 2.05) is 12.1 Å². The van der Waals surface area contributed by atoms with Crippen molar-refractivity contribution in [1.82, 2.24) is 0 Å². The second-order valence-electron chi connectivity index (χ2n) is 7.79. The zero-order valence-corrected chi connectivity index (χ0v) is 18.2. The first kappa shape index (κ1) is 22.3. The minimum absolute atomic E-state index is 0.185. The van der Waals surface area contributed by atoms with Gasteiger partial charge in [0, 0.05) is 22.1 Å². The lowest BCUT2D eigenvalue weighted by Crippen LogP contribution is -1.88. The Morgan fingerprint density at radius 1 is 0.636 bits per heavy atom. The fraction of sp³-hybridized carbons (Fsp3) is 0.133. The smallest absolute Gasteiger partial charge is 0.166 e. The molecule has 0 atom stereocenters. The lowest BCUT2D eigenvalue weighted by molar-refractivity contribution is 0.517. The third-order valence-electron chi connectivity index (χ3n) is 5.34. The standard InChI is InChI=1S/C30H21F3/c1-2-3-4-21-5-7-22(8-6-21)9-10-24-12-15-25(29(32)20-24)14-11-23-13-17-27-26(19-23)16-18-28(31)30(27)33/h5-8,12-13,15-20H,2-4H2,1H3. The summed E-state index contributed by atoms with van der Waals surface area (Å²) in [6, 6.07) is 20.1. The molecule has 0 radical (unpaired) electrons. The van der Waals surface area contributed by atoms with Crippen LogP contribution < -0.4 is 0 Å². The lowest BCUT2D eigenvalue weighted by Gasteiger charge is -2.01. The highest BCUT2D eigenvalue weighted by Gasteiger charge is 2.07. The Kier molecular flexibility index (Phi) is 6.82. The van der Waals surface area contributed by atoms with Crippen LogP contribution in [-0.4, -0.2) is 0 Å². The van der Waals surface area contributed by atoms with Crippen molar-refractivity contribution in [3.05, 3.63) is 118 Å². The molecule has 0 amide bonds. The topological polar surface area (TPSA) is 0 Å². The van der Waals surface area contributed by atoms with Crippen LogP contribution in [0.1, 0.15) is 47.6 Å². The van der Waals surface area contributed by atoms with Crippen LogP contribution >= 0.6 is 0 Å². The van der Waals surface area contributed by atoms with Crippen molar-refractivity contribution in [2.45, 2.75) is 26.2 Å². The van der Waals surface area contributed by atoms with Crippen molar-refractivity contribution in [2.75, 3.05) is 0 Å². The Labute approximate surface area is 192 Å². The highest BCUT2D eigenvalue weighted by molar-refractivity contribution is 5.84. The van der Waals surface area contributed by atoms with E-state index < -0.39 is 17.5 Å². The van der Waals surface area contributed by atoms with E-state index >= 15 is 0 Å². The third-order valence-corrected chi connectivity index (χ3v) is 5.34. The summed E-state index contributed by atoms with van der Waals surface area (Å²) in [5.74, 6) is 9.50. The molecule has 4 aromatic rings. The largest absolute Gasteiger partial charge is 0.206 e. The van der Waals surface area contributed by atoms with Crippen molar-refractivity contribution in [3.8, 4) is 23.7 Å². The Morgan fingerprint density at radius 2 is 1.30 bits per heavy atom. The molecule has 0 nitrogen and oxygen atoms in total. The number of halogens is 3. The quantitative estimate of drug-likeness (QED) is 0.292. The Morgan fingerprint density at radius 3 is 2.06 bits per heavy atom. The molecule has 4 aromatic carbocycles. The maximum Gasteiger partial charge on any atom is 0.166 e. The van der Waals surface area contributed by atoms with Crippen LogP contribution in [0.4, 0.5) is 13.2 Å². The monoisotopic (exact) mass is 438 g/mol. The maximum absolute atomic E-state index is 14.5. The molecule has 0 aliphatic rings. The summed E-state index contributed by atoms with van der Waals surface area (Å²) in [5.41, 5.74) is 3.56. The molecule has 0 bridgehead atoms. The molecule has 0 unspecified atom stereocenters. The number of benzene rings is 4. The fourth-order valence-corrected chi connectivity index (χ4v) is 3.46. The first-order valence-electron chi connectivity index (χ1n) is 10.8. The van der Waals surface area contributed by atoms with Gasteiger partial charge in [-0.3, -0.25) is 0 Å². The Bertz CT molecular complexity index is 1430. The highest BCUT2D eigenvalue weighted by Crippen LogP contribution is 2.21. The van der Waals surface area contributed by atoms with Crippen molar-refractivity contribution in [2.24, 2.45) is 0 Å². The molecule has 0 saturated heterocycles. The van der Waals surface area contributed by atoms with E-state index in [1.54, 1.807) is 24.3 Å². The average molecular weight is 438 g/mol. The summed E-state index contributed by atoms with van der Waals surface area (Å²) in [7, 11) is 0. The summed E-state index contributed by atoms with van der Waals surface area (Å²) in [6.07, 6.45) is 3.39. The van der Waals surface area contributed by atoms with Crippen molar-refractivity contribution >= 4 is 10.8 Å². The second-order valence-corrected chi connectivity index (χ2v) is 7.79. The molecule has 0 N–H and O–H groups in total. The molecule has 0 aliphatic carbocycles. The van der Waals surface area contributed by atoms with E-state index in [0.717, 1.165) is 24.5 Å². The van der Waals surface area contributed by atoms with Gasteiger partial charge in [-0.25, -0.2) is 13.2 Å². The van der Waals surface area contributed by atoms with Gasteiger partial charge in [0.2, 0.25) is 0 Å². The molecular formula is C30H21F3. The van der Waals surface area contributed by atoms with Crippen molar-refractivity contribution < 1.29 is 13.2 Å². The normalized spacial score (nSPS) is 10.3. The van der Waals surface area contributed by atoms with Gasteiger partial charge in [0.25, 0.3) is 0 Å². The SMILES string of the molecule is CCCCc1ccc(C#Cc2ccc(C#Cc3ccc4c(F)c(F)ccc4c3)c(F)c2)cc1. The zero-order chi connectivity index (χ0) is 23.2. The summed E-state index contributed by atoms with van der Waals surface area (Å²) < 4.78 is 41.7. The predicted octanol–water partition coefficient (Wildman–Crippen LogP) is 7.40. The van der Waals surface area contributed by atoms with Crippen LogP contribution in [0, 0.1) is 41.1 Å². The van der Waals surface area contributed by atoms with Crippen LogP contribution in [0.3, 0.4) is 0 Å². The predicted molar refractivity (Wildman–Crippen MR) is 127 cm³/mol. The molecule has 0 saturated carbocycles. The van der Waals surface area contributed by atoms with Crippen LogP contribution in [0.25, 0.3) is 10.8 Å². The molecule has 0 aliphatic heterocycles. The molecule has 0 fully saturated rings. The van der Waals surface area contributed by atoms with Crippen LogP contribution in [0.2, 0.25) is 0 Å². The van der Waals surface area contributed by atoms with Gasteiger partial charge in [0.1, 0.15) is 5.82 Å². The second kappa shape index (κ2) is 10.1. The van der Waals surface area contributed by atoms with Gasteiger partial charge >= 0.3 is 0 Å². The molecule has 4 rings (SSSR count). The molecule has 3 heteroatoms. The van der Waals surface area contributed by atoms with Gasteiger partial charge < -0.3 is 0 Å². The molecule has 0 heterocycles. The average Bonchev–Trinajstić information content (AvgIpc) is 2.84. The number of fused-ring (bicyclic) bond motifs is 1. The van der Waals surface area contributed by atoms with Gasteiger partial charge in [-0.2, -0.15) is 0 Å². The Balaban J connectivity index is 1.50. The first-order valence-corrected chi connectivity index (χ1v) is 10.8. The fourth-order valence-electron chi connectivity index (χ4n) is 3.46. The number of aryl methyl sites for hydroxylation is 1. The van der Waals surface area contributed by atoms with E-state index in [-0.39, 0.29) is 10.9 Å². The van der Waals surface area contributed by atoms with Gasteiger partial charge in [0.05, 0.1) is 5.56 Å². The summed E-state index contributed by atoms with van der Waals surface area (Å²) in [4.78, 5) is 0. The zero-order valence-electron chi connectivity index (χ0n) is 18.2. The number of rotatable bonds is 3. The lowest BCUT2D eigenvalue weighted by atomic mass is 10.1. The van der Waals surface area contributed by atoms with E-state index in [2.05, 4.69) is 42.7 Å². The van der Waals surface area contributed by atoms with Gasteiger partial charge in [-0.05, 0) is 72.3 Å². The molecule has 0 aromatic heterocycles. The van der Waals surface area contributed by atoms with Gasteiger partial charge in [-0.1, -0.05) is 61.3 Å². The number of unbranched alkanes of at least 4 members (excludes halogenated alkanes) is 1. The van der Waals surface area contributed by atoms with E-state index in [1.165, 1.54) is 30.2 Å². The minimum atomic E-state index is -0.893. The summed E-state index contributed by atoms with van der Waals surface area (Å²) in [6.45, 7) is 2.17. The minimum Gasteiger partial charge on any atom is -0.206 e. The van der Waals surface area contributed by atoms with Crippen molar-refractivity contribution in [3.63, 3.8) is 0 Å². The van der Waals surface area contributed by atoms with E-state index in [4.69, 9.17) is 0 Å². The van der Waals surface area contributed by atoms with Gasteiger partial charge in [0.15, 0.2) is 11.6 Å². The summed E-state index contributed by atoms with van der Waals surface area (Å²) >= 11 is 0. The molecule has 0 spiro atoms. The van der Waals surface area contributed by atoms with Gasteiger partial charge in [-0.15, -0.1) is 0 Å². The molecule has 33 heavy (non-hydrogen) atoms. The van der Waals surface area contributed by atoms with Crippen LogP contribution in [0.15, 0.2) is 72.8 Å². The van der Waals surface area contributed by atoms with Crippen molar-refractivity contribution in [1.29, 1.82) is 0 Å². The number of hydrogen-bond acceptors (Lipinski definition) is 0. The van der Waals surface area contributed by atoms with E-state index in [9.17, 15) is 13.2 Å². The first-order chi connectivity index (χ1) is 16.0. The highest BCUT2D eigenvalue weighted by atomic mass is 19.2. The maximum atomic E-state index is 14.5. The summed E-state index contributed by atoms with van der Waals surface area (Å²) in [5, 5.41) is 0.718. The number of hydrogen-bond donors (Lipinski definition) is 0. The molecular weight excluding hydrogens is 417 g/mol. The van der Waals surface area contributed by atoms with E-state index in [0.29, 0.717) is 16.5 Å².